The van der Waals surface area contributed by atoms with Crippen LogP contribution < -0.4 is 0 Å². The lowest BCUT2D eigenvalue weighted by atomic mass is 9.84. The average molecular weight is 153 g/mol. The molecule has 1 aliphatic carbocycles. The molecule has 1 heteroatoms. The molecule has 0 aromatic heterocycles. The van der Waals surface area contributed by atoms with Gasteiger partial charge in [0.05, 0.1) is 0 Å². The van der Waals surface area contributed by atoms with Gasteiger partial charge in [0.15, 0.2) is 0 Å². The summed E-state index contributed by atoms with van der Waals surface area (Å²) in [7, 11) is 0. The molecular weight excluding hydrogens is 134 g/mol. The fourth-order valence-corrected chi connectivity index (χ4v) is 1.43. The highest BCUT2D eigenvalue weighted by Gasteiger charge is 2.31. The van der Waals surface area contributed by atoms with Gasteiger partial charge in [-0.25, -0.2) is 6.57 Å². The van der Waals surface area contributed by atoms with Crippen molar-refractivity contribution in [2.45, 2.75) is 58.4 Å². The maximum Gasteiger partial charge on any atom is 0.229 e. The normalized spacial score (nSPS) is 20.9. The minimum Gasteiger partial charge on any atom is -0.311 e. The van der Waals surface area contributed by atoms with Crippen LogP contribution in [0.2, 0.25) is 0 Å². The van der Waals surface area contributed by atoms with E-state index in [1.165, 1.54) is 19.3 Å². The molecule has 11 heavy (non-hydrogen) atoms. The Morgan fingerprint density at radius 1 is 1.09 bits per heavy atom. The number of hydrogen-bond donors (Lipinski definition) is 0. The van der Waals surface area contributed by atoms with Crippen molar-refractivity contribution in [3.8, 4) is 0 Å². The molecule has 1 rings (SSSR count). The van der Waals surface area contributed by atoms with E-state index in [0.29, 0.717) is 0 Å². The largest absolute Gasteiger partial charge is 0.311 e. The van der Waals surface area contributed by atoms with Gasteiger partial charge >= 0.3 is 0 Å². The topological polar surface area (TPSA) is 4.36 Å². The Hall–Kier alpha value is -0.510. The van der Waals surface area contributed by atoms with Gasteiger partial charge in [0.2, 0.25) is 5.54 Å². The van der Waals surface area contributed by atoms with Crippen LogP contribution in [0.25, 0.3) is 4.85 Å². The van der Waals surface area contributed by atoms with Crippen LogP contribution >= 0.6 is 0 Å². The molecule has 1 saturated carbocycles. The first-order chi connectivity index (χ1) is 5.27. The van der Waals surface area contributed by atoms with Crippen LogP contribution in [-0.4, -0.2) is 5.54 Å². The van der Waals surface area contributed by atoms with E-state index in [1.807, 2.05) is 13.8 Å². The van der Waals surface area contributed by atoms with E-state index in [-0.39, 0.29) is 5.54 Å². The summed E-state index contributed by atoms with van der Waals surface area (Å²) in [5.41, 5.74) is 0.0122. The van der Waals surface area contributed by atoms with Crippen molar-refractivity contribution in [1.82, 2.24) is 0 Å². The van der Waals surface area contributed by atoms with Gasteiger partial charge in [-0.05, 0) is 12.8 Å². The van der Waals surface area contributed by atoms with Gasteiger partial charge in [-0.1, -0.05) is 20.3 Å². The molecule has 0 bridgehead atoms. The number of nitrogens with zero attached hydrogens (tertiary/aromatic N) is 1. The van der Waals surface area contributed by atoms with Gasteiger partial charge < -0.3 is 4.85 Å². The molecule has 0 spiro atoms. The minimum atomic E-state index is 0.0122. The van der Waals surface area contributed by atoms with Crippen LogP contribution in [0.15, 0.2) is 0 Å². The summed E-state index contributed by atoms with van der Waals surface area (Å²) in [6.45, 7) is 13.0. The number of rotatable bonds is 0. The molecule has 1 aliphatic rings. The summed E-state index contributed by atoms with van der Waals surface area (Å²) in [5, 5.41) is 0. The first-order valence-electron chi connectivity index (χ1n) is 4.65. The summed E-state index contributed by atoms with van der Waals surface area (Å²) in [6, 6.07) is 0. The van der Waals surface area contributed by atoms with Crippen LogP contribution in [-0.2, 0) is 0 Å². The van der Waals surface area contributed by atoms with E-state index in [0.717, 1.165) is 12.8 Å². The van der Waals surface area contributed by atoms with Crippen molar-refractivity contribution in [3.05, 3.63) is 11.4 Å². The monoisotopic (exact) mass is 153 g/mol. The highest BCUT2D eigenvalue weighted by Crippen LogP contribution is 2.30. The van der Waals surface area contributed by atoms with E-state index in [1.54, 1.807) is 0 Å². The fourth-order valence-electron chi connectivity index (χ4n) is 1.43. The van der Waals surface area contributed by atoms with Crippen molar-refractivity contribution in [1.29, 1.82) is 0 Å². The maximum absolute atomic E-state index is 6.92. The predicted octanol–water partition coefficient (Wildman–Crippen LogP) is 3.65. The minimum absolute atomic E-state index is 0.0122. The van der Waals surface area contributed by atoms with Crippen LogP contribution in [0.5, 0.6) is 0 Å². The third-order valence-electron chi connectivity index (χ3n) is 2.20. The van der Waals surface area contributed by atoms with Crippen LogP contribution in [0.1, 0.15) is 52.9 Å². The third-order valence-corrected chi connectivity index (χ3v) is 2.20. The van der Waals surface area contributed by atoms with Crippen molar-refractivity contribution in [2.24, 2.45) is 0 Å². The summed E-state index contributed by atoms with van der Waals surface area (Å²) in [4.78, 5) is 3.63. The summed E-state index contributed by atoms with van der Waals surface area (Å²) < 4.78 is 0. The van der Waals surface area contributed by atoms with Crippen LogP contribution in [0.4, 0.5) is 0 Å². The SMILES string of the molecule is CC.[C-]#[N+]C1(C)CCCCC1. The Morgan fingerprint density at radius 2 is 1.55 bits per heavy atom. The smallest absolute Gasteiger partial charge is 0.229 e. The van der Waals surface area contributed by atoms with E-state index >= 15 is 0 Å². The van der Waals surface area contributed by atoms with Gasteiger partial charge in [-0.15, -0.1) is 0 Å². The van der Waals surface area contributed by atoms with E-state index < -0.39 is 0 Å². The fraction of sp³-hybridized carbons (Fsp3) is 0.900. The molecule has 0 N–H and O–H groups in total. The van der Waals surface area contributed by atoms with Crippen LogP contribution in [0.3, 0.4) is 0 Å². The Balaban J connectivity index is 0.000000461. The predicted molar refractivity (Wildman–Crippen MR) is 49.4 cm³/mol. The number of hydrogen-bond acceptors (Lipinski definition) is 0. The molecule has 0 aromatic carbocycles. The van der Waals surface area contributed by atoms with E-state index in [4.69, 9.17) is 6.57 Å². The zero-order valence-electron chi connectivity index (χ0n) is 7.98. The second-order valence-electron chi connectivity index (χ2n) is 3.17. The van der Waals surface area contributed by atoms with Gasteiger partial charge in [-0.2, -0.15) is 0 Å². The zero-order valence-corrected chi connectivity index (χ0v) is 7.98. The molecule has 1 nitrogen and oxygen atoms in total. The van der Waals surface area contributed by atoms with Crippen molar-refractivity contribution in [2.75, 3.05) is 0 Å². The second kappa shape index (κ2) is 5.18. The molecule has 1 fully saturated rings. The van der Waals surface area contributed by atoms with Crippen molar-refractivity contribution >= 4 is 0 Å². The van der Waals surface area contributed by atoms with E-state index in [9.17, 15) is 0 Å². The molecule has 0 unspecified atom stereocenters. The molecule has 0 saturated heterocycles. The highest BCUT2D eigenvalue weighted by molar-refractivity contribution is 4.95. The van der Waals surface area contributed by atoms with Gasteiger partial charge in [0, 0.05) is 19.8 Å². The summed E-state index contributed by atoms with van der Waals surface area (Å²) in [5.74, 6) is 0. The average Bonchev–Trinajstić information content (AvgIpc) is 2.10. The molecule has 0 atom stereocenters. The molecule has 0 amide bonds. The Kier molecular flexibility index (Phi) is 4.94. The van der Waals surface area contributed by atoms with Gasteiger partial charge in [0.1, 0.15) is 0 Å². The lowest BCUT2D eigenvalue weighted by Crippen LogP contribution is -2.22. The Labute approximate surface area is 70.6 Å². The molecular formula is C10H19N. The molecule has 0 aliphatic heterocycles. The molecule has 0 heterocycles. The quantitative estimate of drug-likeness (QED) is 0.468. The van der Waals surface area contributed by atoms with Gasteiger partial charge in [0.25, 0.3) is 0 Å². The maximum atomic E-state index is 6.92. The van der Waals surface area contributed by atoms with E-state index in [2.05, 4.69) is 11.8 Å². The van der Waals surface area contributed by atoms with Crippen LogP contribution in [0, 0.1) is 6.57 Å². The first-order valence-corrected chi connectivity index (χ1v) is 4.65. The van der Waals surface area contributed by atoms with Crippen molar-refractivity contribution < 1.29 is 0 Å². The molecule has 0 radical (unpaired) electrons. The highest BCUT2D eigenvalue weighted by atomic mass is 14.8. The Morgan fingerprint density at radius 3 is 1.82 bits per heavy atom. The second-order valence-corrected chi connectivity index (χ2v) is 3.17. The summed E-state index contributed by atoms with van der Waals surface area (Å²) in [6.07, 6.45) is 6.11. The van der Waals surface area contributed by atoms with Gasteiger partial charge in [-0.3, -0.25) is 0 Å². The first kappa shape index (κ1) is 10.5. The Bertz CT molecular complexity index is 126. The lowest BCUT2D eigenvalue weighted by Gasteiger charge is -2.21. The summed E-state index contributed by atoms with van der Waals surface area (Å²) >= 11 is 0. The lowest BCUT2D eigenvalue weighted by molar-refractivity contribution is 0.372. The molecule has 64 valence electrons. The molecule has 0 aromatic rings. The van der Waals surface area contributed by atoms with Crippen molar-refractivity contribution in [3.63, 3.8) is 0 Å². The third kappa shape index (κ3) is 3.41. The zero-order chi connectivity index (χ0) is 8.74. The standard InChI is InChI=1S/C8H13N.C2H6/c1-8(9-2)6-4-3-5-7-8;1-2/h3-7H2,1H3;1-2H3.